The third-order valence-electron chi connectivity index (χ3n) is 2.16. The summed E-state index contributed by atoms with van der Waals surface area (Å²) in [4.78, 5) is 0. The van der Waals surface area contributed by atoms with Crippen LogP contribution < -0.4 is 5.73 Å². The van der Waals surface area contributed by atoms with Crippen molar-refractivity contribution in [2.24, 2.45) is 5.73 Å². The SMILES string of the molecule is NC1CCCC1.Oc1ccccc1. The molecule has 2 heteroatoms. The molecule has 0 saturated heterocycles. The summed E-state index contributed by atoms with van der Waals surface area (Å²) in [6.45, 7) is 0. The van der Waals surface area contributed by atoms with Crippen LogP contribution in [0.3, 0.4) is 0 Å². The van der Waals surface area contributed by atoms with E-state index in [9.17, 15) is 0 Å². The molecule has 72 valence electrons. The van der Waals surface area contributed by atoms with Crippen molar-refractivity contribution in [2.75, 3.05) is 0 Å². The molecule has 0 unspecified atom stereocenters. The molecule has 1 aliphatic carbocycles. The van der Waals surface area contributed by atoms with E-state index in [-0.39, 0.29) is 0 Å². The summed E-state index contributed by atoms with van der Waals surface area (Å²) < 4.78 is 0. The summed E-state index contributed by atoms with van der Waals surface area (Å²) in [6.07, 6.45) is 5.25. The molecule has 2 rings (SSSR count). The topological polar surface area (TPSA) is 46.2 Å². The first-order valence-electron chi connectivity index (χ1n) is 4.78. The molecule has 1 aliphatic rings. The van der Waals surface area contributed by atoms with Crippen molar-refractivity contribution in [1.82, 2.24) is 0 Å². The van der Waals surface area contributed by atoms with Gasteiger partial charge in [0, 0.05) is 6.04 Å². The molecule has 0 spiro atoms. The number of nitrogens with two attached hydrogens (primary N) is 1. The molecular weight excluding hydrogens is 162 g/mol. The van der Waals surface area contributed by atoms with Crippen molar-refractivity contribution in [2.45, 2.75) is 31.7 Å². The van der Waals surface area contributed by atoms with Crippen molar-refractivity contribution in [3.63, 3.8) is 0 Å². The van der Waals surface area contributed by atoms with Gasteiger partial charge in [-0.1, -0.05) is 31.0 Å². The van der Waals surface area contributed by atoms with E-state index in [1.165, 1.54) is 25.7 Å². The summed E-state index contributed by atoms with van der Waals surface area (Å²) in [6, 6.07) is 9.26. The standard InChI is InChI=1S/C6H6O.C5H11N/c7-6-4-2-1-3-5-6;6-5-3-1-2-4-5/h1-5,7H;5H,1-4,6H2. The van der Waals surface area contributed by atoms with E-state index in [1.54, 1.807) is 24.3 Å². The lowest BCUT2D eigenvalue weighted by molar-refractivity contribution is 0.475. The van der Waals surface area contributed by atoms with Crippen LogP contribution in [0.25, 0.3) is 0 Å². The molecular formula is C11H17NO. The van der Waals surface area contributed by atoms with Crippen molar-refractivity contribution in [3.8, 4) is 5.75 Å². The lowest BCUT2D eigenvalue weighted by Crippen LogP contribution is -2.13. The summed E-state index contributed by atoms with van der Waals surface area (Å²) in [5.74, 6) is 0.322. The van der Waals surface area contributed by atoms with Gasteiger partial charge in [0.05, 0.1) is 0 Å². The Hall–Kier alpha value is -1.02. The molecule has 0 bridgehead atoms. The predicted molar refractivity (Wildman–Crippen MR) is 54.6 cm³/mol. The lowest BCUT2D eigenvalue weighted by Gasteiger charge is -1.92. The van der Waals surface area contributed by atoms with Gasteiger partial charge in [0.1, 0.15) is 5.75 Å². The van der Waals surface area contributed by atoms with E-state index >= 15 is 0 Å². The fourth-order valence-electron chi connectivity index (χ4n) is 1.39. The monoisotopic (exact) mass is 179 g/mol. The Balaban J connectivity index is 0.000000132. The van der Waals surface area contributed by atoms with Crippen LogP contribution in [0.2, 0.25) is 0 Å². The minimum absolute atomic E-state index is 0.322. The Labute approximate surface area is 79.4 Å². The Bertz CT molecular complexity index is 217. The van der Waals surface area contributed by atoms with Crippen molar-refractivity contribution in [3.05, 3.63) is 30.3 Å². The zero-order chi connectivity index (χ0) is 9.52. The highest BCUT2D eigenvalue weighted by atomic mass is 16.3. The van der Waals surface area contributed by atoms with Gasteiger partial charge >= 0.3 is 0 Å². The molecule has 1 aromatic carbocycles. The number of phenolic OH excluding ortho intramolecular Hbond substituents is 1. The van der Waals surface area contributed by atoms with Crippen molar-refractivity contribution < 1.29 is 5.11 Å². The highest BCUT2D eigenvalue weighted by Gasteiger charge is 2.07. The number of aromatic hydroxyl groups is 1. The van der Waals surface area contributed by atoms with E-state index < -0.39 is 0 Å². The fourth-order valence-corrected chi connectivity index (χ4v) is 1.39. The molecule has 0 atom stereocenters. The minimum atomic E-state index is 0.322. The zero-order valence-electron chi connectivity index (χ0n) is 7.82. The van der Waals surface area contributed by atoms with Crippen LogP contribution >= 0.6 is 0 Å². The Kier molecular flexibility index (Phi) is 4.33. The largest absolute Gasteiger partial charge is 0.508 e. The molecule has 0 radical (unpaired) electrons. The maximum Gasteiger partial charge on any atom is 0.115 e. The van der Waals surface area contributed by atoms with Crippen LogP contribution in [-0.2, 0) is 0 Å². The number of para-hydroxylation sites is 1. The number of benzene rings is 1. The summed E-state index contributed by atoms with van der Waals surface area (Å²) >= 11 is 0. The molecule has 3 N–H and O–H groups in total. The van der Waals surface area contributed by atoms with Crippen LogP contribution in [0.5, 0.6) is 5.75 Å². The second-order valence-electron chi connectivity index (χ2n) is 3.38. The van der Waals surface area contributed by atoms with Gasteiger partial charge in [0.25, 0.3) is 0 Å². The molecule has 2 nitrogen and oxygen atoms in total. The van der Waals surface area contributed by atoms with Gasteiger partial charge < -0.3 is 10.8 Å². The van der Waals surface area contributed by atoms with E-state index in [1.807, 2.05) is 6.07 Å². The first-order valence-corrected chi connectivity index (χ1v) is 4.78. The number of rotatable bonds is 0. The second kappa shape index (κ2) is 5.60. The molecule has 1 fully saturated rings. The van der Waals surface area contributed by atoms with Gasteiger partial charge in [0.2, 0.25) is 0 Å². The zero-order valence-corrected chi connectivity index (χ0v) is 7.82. The molecule has 0 amide bonds. The van der Waals surface area contributed by atoms with E-state index in [2.05, 4.69) is 0 Å². The Morgan fingerprint density at radius 2 is 1.62 bits per heavy atom. The third-order valence-corrected chi connectivity index (χ3v) is 2.16. The summed E-state index contributed by atoms with van der Waals surface area (Å²) in [5.41, 5.74) is 5.53. The smallest absolute Gasteiger partial charge is 0.115 e. The van der Waals surface area contributed by atoms with Gasteiger partial charge in [-0.3, -0.25) is 0 Å². The lowest BCUT2D eigenvalue weighted by atomic mass is 10.3. The van der Waals surface area contributed by atoms with Crippen molar-refractivity contribution in [1.29, 1.82) is 0 Å². The second-order valence-corrected chi connectivity index (χ2v) is 3.38. The Morgan fingerprint density at radius 3 is 1.85 bits per heavy atom. The van der Waals surface area contributed by atoms with Crippen LogP contribution in [-0.4, -0.2) is 11.1 Å². The first kappa shape index (κ1) is 10.1. The predicted octanol–water partition coefficient (Wildman–Crippen LogP) is 2.28. The van der Waals surface area contributed by atoms with Gasteiger partial charge in [-0.2, -0.15) is 0 Å². The van der Waals surface area contributed by atoms with Crippen molar-refractivity contribution >= 4 is 0 Å². The summed E-state index contributed by atoms with van der Waals surface area (Å²) in [7, 11) is 0. The number of hydrogen-bond donors (Lipinski definition) is 2. The normalized spacial score (nSPS) is 16.4. The maximum atomic E-state index is 8.63. The molecule has 1 aromatic rings. The highest BCUT2D eigenvalue weighted by Crippen LogP contribution is 2.14. The fraction of sp³-hybridized carbons (Fsp3) is 0.455. The number of phenols is 1. The molecule has 1 saturated carbocycles. The van der Waals surface area contributed by atoms with Gasteiger partial charge in [0.15, 0.2) is 0 Å². The average molecular weight is 179 g/mol. The molecule has 0 aromatic heterocycles. The molecule has 0 heterocycles. The Morgan fingerprint density at radius 1 is 1.08 bits per heavy atom. The highest BCUT2D eigenvalue weighted by molar-refractivity contribution is 5.18. The quantitative estimate of drug-likeness (QED) is 0.641. The van der Waals surface area contributed by atoms with Gasteiger partial charge in [-0.05, 0) is 25.0 Å². The van der Waals surface area contributed by atoms with Crippen LogP contribution in [0.4, 0.5) is 0 Å². The van der Waals surface area contributed by atoms with Gasteiger partial charge in [-0.25, -0.2) is 0 Å². The van der Waals surface area contributed by atoms with Gasteiger partial charge in [-0.15, -0.1) is 0 Å². The maximum absolute atomic E-state index is 8.63. The molecule has 0 aliphatic heterocycles. The average Bonchev–Trinajstić information content (AvgIpc) is 2.58. The van der Waals surface area contributed by atoms with Crippen LogP contribution in [0.15, 0.2) is 30.3 Å². The first-order chi connectivity index (χ1) is 6.29. The van der Waals surface area contributed by atoms with Crippen LogP contribution in [0, 0.1) is 0 Å². The molecule has 13 heavy (non-hydrogen) atoms. The van der Waals surface area contributed by atoms with Crippen LogP contribution in [0.1, 0.15) is 25.7 Å². The third kappa shape index (κ3) is 4.53. The number of hydrogen-bond acceptors (Lipinski definition) is 2. The van der Waals surface area contributed by atoms with E-state index in [0.29, 0.717) is 11.8 Å². The van der Waals surface area contributed by atoms with E-state index in [0.717, 1.165) is 0 Å². The minimum Gasteiger partial charge on any atom is -0.508 e. The summed E-state index contributed by atoms with van der Waals surface area (Å²) in [5, 5.41) is 8.63. The van der Waals surface area contributed by atoms with E-state index in [4.69, 9.17) is 10.8 Å².